The molecule has 0 spiro atoms. The fourth-order valence-electron chi connectivity index (χ4n) is 6.51. The van der Waals surface area contributed by atoms with E-state index < -0.39 is 27.3 Å². The van der Waals surface area contributed by atoms with Gasteiger partial charge in [-0.2, -0.15) is 0 Å². The average molecular weight is 645 g/mol. The number of unbranched alkanes of at least 4 members (excludes halogenated alkanes) is 1. The second kappa shape index (κ2) is 15.6. The molecule has 0 radical (unpaired) electrons. The first-order valence-corrected chi connectivity index (χ1v) is 18.1. The number of hydrogen-bond donors (Lipinski definition) is 2. The molecule has 1 aromatic rings. The highest BCUT2D eigenvalue weighted by atomic mass is 35.5. The Morgan fingerprint density at radius 3 is 2.77 bits per heavy atom. The summed E-state index contributed by atoms with van der Waals surface area (Å²) in [7, 11) is -3.95. The number of hydrogen-bond acceptors (Lipinski definition) is 6. The molecule has 2 heterocycles. The fourth-order valence-corrected chi connectivity index (χ4v) is 8.37. The fraction of sp³-hybridized carbons (Fsp3) is 0.571. The third-order valence-electron chi connectivity index (χ3n) is 9.45. The molecule has 0 unspecified atom stereocenters. The van der Waals surface area contributed by atoms with Crippen LogP contribution in [-0.4, -0.2) is 50.5 Å². The van der Waals surface area contributed by atoms with Crippen LogP contribution in [0.1, 0.15) is 88.9 Å². The zero-order chi connectivity index (χ0) is 31.9. The SMILES string of the molecule is C=C1COc2ccc3cc2N(CCCC/C1=C/C(Cl)=C\C)C[C@@H]1CC[C@H]1[C@@H](O)/C=C\C[C@@H](C)[C@@H](CCCC)S(=O)(=O)NC3=O. The number of sulfonamides is 1. The van der Waals surface area contributed by atoms with Crippen LogP contribution in [0.25, 0.3) is 0 Å². The summed E-state index contributed by atoms with van der Waals surface area (Å²) >= 11 is 6.35. The van der Waals surface area contributed by atoms with E-state index >= 15 is 0 Å². The van der Waals surface area contributed by atoms with Gasteiger partial charge in [0.25, 0.3) is 5.91 Å². The van der Waals surface area contributed by atoms with Crippen molar-refractivity contribution < 1.29 is 23.1 Å². The largest absolute Gasteiger partial charge is 0.487 e. The first kappa shape index (κ1) is 34.3. The molecule has 4 rings (SSSR count). The van der Waals surface area contributed by atoms with Crippen molar-refractivity contribution in [2.75, 3.05) is 24.6 Å². The Kier molecular flexibility index (Phi) is 12.2. The third-order valence-corrected chi connectivity index (χ3v) is 11.7. The van der Waals surface area contributed by atoms with Gasteiger partial charge >= 0.3 is 0 Å². The Labute approximate surface area is 269 Å². The summed E-state index contributed by atoms with van der Waals surface area (Å²) in [5.41, 5.74) is 2.92. The minimum absolute atomic E-state index is 0.125. The van der Waals surface area contributed by atoms with E-state index in [1.54, 1.807) is 18.2 Å². The van der Waals surface area contributed by atoms with Gasteiger partial charge in [-0.25, -0.2) is 13.1 Å². The number of carbonyl (C=O) groups is 1. The number of rotatable bonds is 4. The number of benzene rings is 1. The van der Waals surface area contributed by atoms with Crippen LogP contribution in [-0.2, 0) is 10.0 Å². The lowest BCUT2D eigenvalue weighted by molar-refractivity contribution is 0.0461. The molecule has 3 aliphatic rings. The number of aliphatic hydroxyl groups is 1. The standard InChI is InChI=1S/C35H49ClN2O5S/c1-5-7-14-34-24(3)11-10-13-32(39)30-17-15-28(30)22-38-19-9-8-12-26(20-29(36)6-2)25(4)23-43-33-18-16-27(21-31(33)38)35(40)37-44(34,41)42/h6,10,13,16,18,20-21,24,28,30,32,34,39H,4-5,7-9,11-12,14-15,17,19,22-23H2,1-3H3,(H,37,40)/b13-10-,26-20-,29-6+/t24-,28+,30-,32+,34-/m1/s1. The molecule has 44 heavy (non-hydrogen) atoms. The monoisotopic (exact) mass is 644 g/mol. The van der Waals surface area contributed by atoms with E-state index in [9.17, 15) is 18.3 Å². The molecule has 0 saturated heterocycles. The summed E-state index contributed by atoms with van der Waals surface area (Å²) in [5, 5.41) is 11.1. The minimum atomic E-state index is -3.95. The highest BCUT2D eigenvalue weighted by Crippen LogP contribution is 2.41. The van der Waals surface area contributed by atoms with Gasteiger partial charge in [-0.1, -0.05) is 63.1 Å². The van der Waals surface area contributed by atoms with E-state index in [4.69, 9.17) is 16.3 Å². The molecule has 2 aliphatic heterocycles. The molecule has 1 fully saturated rings. The molecule has 2 bridgehead atoms. The number of nitrogens with one attached hydrogen (secondary N) is 1. The number of nitrogens with zero attached hydrogens (tertiary/aromatic N) is 1. The van der Waals surface area contributed by atoms with Gasteiger partial charge in [0.15, 0.2) is 0 Å². The van der Waals surface area contributed by atoms with Crippen LogP contribution < -0.4 is 14.4 Å². The van der Waals surface area contributed by atoms with Crippen LogP contribution in [0, 0.1) is 17.8 Å². The number of aliphatic hydroxyl groups excluding tert-OH is 1. The maximum absolute atomic E-state index is 13.6. The van der Waals surface area contributed by atoms with Crippen molar-refractivity contribution in [3.8, 4) is 5.75 Å². The third kappa shape index (κ3) is 8.58. The quantitative estimate of drug-likeness (QED) is 0.335. The number of fused-ring (bicyclic) bond motifs is 2. The van der Waals surface area contributed by atoms with Crippen LogP contribution in [0.15, 0.2) is 65.3 Å². The zero-order valence-electron chi connectivity index (χ0n) is 26.4. The van der Waals surface area contributed by atoms with Gasteiger partial charge in [-0.05, 0) is 105 Å². The van der Waals surface area contributed by atoms with Crippen molar-refractivity contribution in [1.29, 1.82) is 0 Å². The van der Waals surface area contributed by atoms with E-state index in [-0.39, 0.29) is 29.9 Å². The Morgan fingerprint density at radius 1 is 1.27 bits per heavy atom. The van der Waals surface area contributed by atoms with Crippen molar-refractivity contribution in [2.24, 2.45) is 17.8 Å². The smallest absolute Gasteiger partial charge is 0.264 e. The molecule has 2 N–H and O–H groups in total. The average Bonchev–Trinajstić information content (AvgIpc) is 2.99. The molecule has 5 atom stereocenters. The summed E-state index contributed by atoms with van der Waals surface area (Å²) in [6, 6.07) is 5.14. The second-order valence-corrected chi connectivity index (χ2v) is 14.9. The number of amides is 1. The Morgan fingerprint density at radius 2 is 2.07 bits per heavy atom. The molecule has 7 nitrogen and oxygen atoms in total. The van der Waals surface area contributed by atoms with E-state index in [2.05, 4.69) is 16.2 Å². The van der Waals surface area contributed by atoms with Gasteiger partial charge in [-0.3, -0.25) is 4.79 Å². The van der Waals surface area contributed by atoms with Crippen molar-refractivity contribution in [2.45, 2.75) is 89.9 Å². The number of anilines is 1. The molecule has 0 aromatic heterocycles. The van der Waals surface area contributed by atoms with Gasteiger partial charge in [0.2, 0.25) is 10.0 Å². The number of halogens is 1. The molecule has 1 aliphatic carbocycles. The summed E-state index contributed by atoms with van der Waals surface area (Å²) in [5.74, 6) is 0.167. The maximum atomic E-state index is 13.6. The molecular weight excluding hydrogens is 596 g/mol. The Bertz CT molecular complexity index is 1390. The molecule has 1 aromatic carbocycles. The second-order valence-electron chi connectivity index (χ2n) is 12.6. The highest BCUT2D eigenvalue weighted by molar-refractivity contribution is 7.90. The summed E-state index contributed by atoms with van der Waals surface area (Å²) < 4.78 is 35.9. The van der Waals surface area contributed by atoms with Crippen molar-refractivity contribution in [3.05, 3.63) is 70.8 Å². The van der Waals surface area contributed by atoms with Crippen molar-refractivity contribution in [3.63, 3.8) is 0 Å². The number of ether oxygens (including phenoxy) is 1. The topological polar surface area (TPSA) is 95.9 Å². The maximum Gasteiger partial charge on any atom is 0.264 e. The zero-order valence-corrected chi connectivity index (χ0v) is 28.0. The van der Waals surface area contributed by atoms with Gasteiger partial charge in [0.1, 0.15) is 12.4 Å². The first-order valence-electron chi connectivity index (χ1n) is 16.2. The molecular formula is C35H49ClN2O5S. The molecule has 1 saturated carbocycles. The van der Waals surface area contributed by atoms with Gasteiger partial charge in [0, 0.05) is 23.7 Å². The lowest BCUT2D eigenvalue weighted by atomic mass is 9.70. The number of allylic oxidation sites excluding steroid dienone is 4. The van der Waals surface area contributed by atoms with E-state index in [1.165, 1.54) is 0 Å². The van der Waals surface area contributed by atoms with E-state index in [0.29, 0.717) is 30.2 Å². The van der Waals surface area contributed by atoms with E-state index in [0.717, 1.165) is 68.3 Å². The summed E-state index contributed by atoms with van der Waals surface area (Å²) in [6.07, 6.45) is 14.1. The number of carbonyl (C=O) groups excluding carboxylic acids is 1. The van der Waals surface area contributed by atoms with E-state index in [1.807, 2.05) is 45.1 Å². The van der Waals surface area contributed by atoms with Gasteiger partial charge < -0.3 is 14.7 Å². The Hall–Kier alpha value is -2.55. The summed E-state index contributed by atoms with van der Waals surface area (Å²) in [4.78, 5) is 15.8. The van der Waals surface area contributed by atoms with Crippen LogP contribution in [0.4, 0.5) is 5.69 Å². The Balaban J connectivity index is 1.74. The van der Waals surface area contributed by atoms with Crippen molar-refractivity contribution in [1.82, 2.24) is 4.72 Å². The van der Waals surface area contributed by atoms with Gasteiger partial charge in [0.05, 0.1) is 17.0 Å². The van der Waals surface area contributed by atoms with Gasteiger partial charge in [-0.15, -0.1) is 0 Å². The lowest BCUT2D eigenvalue weighted by Gasteiger charge is -2.42. The molecule has 1 amide bonds. The predicted molar refractivity (Wildman–Crippen MR) is 180 cm³/mol. The van der Waals surface area contributed by atoms with Crippen molar-refractivity contribution >= 4 is 33.2 Å². The predicted octanol–water partition coefficient (Wildman–Crippen LogP) is 7.28. The normalized spacial score (nSPS) is 30.3. The molecule has 242 valence electrons. The minimum Gasteiger partial charge on any atom is -0.487 e. The lowest BCUT2D eigenvalue weighted by Crippen LogP contribution is -2.43. The van der Waals surface area contributed by atoms with Crippen LogP contribution in [0.3, 0.4) is 0 Å². The summed E-state index contributed by atoms with van der Waals surface area (Å²) in [6.45, 7) is 11.8. The first-order chi connectivity index (χ1) is 21.0. The molecule has 9 heteroatoms. The highest BCUT2D eigenvalue weighted by Gasteiger charge is 2.37. The van der Waals surface area contributed by atoms with Crippen LogP contribution in [0.5, 0.6) is 5.75 Å². The van der Waals surface area contributed by atoms with Crippen LogP contribution in [0.2, 0.25) is 0 Å². The van der Waals surface area contributed by atoms with Crippen LogP contribution >= 0.6 is 11.6 Å².